The molecule has 5 nitrogen and oxygen atoms in total. The third-order valence-corrected chi connectivity index (χ3v) is 6.12. The molecule has 0 radical (unpaired) electrons. The predicted octanol–water partition coefficient (Wildman–Crippen LogP) is 1.68. The largest absolute Gasteiger partial charge is 0.480 e. The van der Waals surface area contributed by atoms with E-state index in [1.165, 1.54) is 0 Å². The lowest BCUT2D eigenvalue weighted by atomic mass is 9.63. The average molecular weight is 303 g/mol. The first-order valence-corrected chi connectivity index (χ1v) is 8.34. The van der Waals surface area contributed by atoms with Gasteiger partial charge in [-0.1, -0.05) is 31.9 Å². The van der Waals surface area contributed by atoms with E-state index in [1.807, 2.05) is 6.92 Å². The second-order valence-electron chi connectivity index (χ2n) is 7.20. The molecule has 0 aromatic carbocycles. The van der Waals surface area contributed by atoms with E-state index < -0.39 is 12.0 Å². The minimum absolute atomic E-state index is 0.155. The Kier molecular flexibility index (Phi) is 2.97. The Morgan fingerprint density at radius 3 is 2.23 bits per heavy atom. The molecule has 0 aromatic heterocycles. The van der Waals surface area contributed by atoms with Crippen molar-refractivity contribution in [2.45, 2.75) is 38.6 Å². The average Bonchev–Trinajstić information content (AvgIpc) is 3.27. The van der Waals surface area contributed by atoms with Crippen LogP contribution < -0.4 is 0 Å². The molecule has 7 unspecified atom stereocenters. The molecular weight excluding hydrogens is 282 g/mol. The molecule has 2 saturated carbocycles. The van der Waals surface area contributed by atoms with Crippen molar-refractivity contribution < 1.29 is 19.5 Å². The van der Waals surface area contributed by atoms with Crippen LogP contribution in [-0.4, -0.2) is 33.8 Å². The Morgan fingerprint density at radius 2 is 1.77 bits per heavy atom. The molecule has 3 fully saturated rings. The predicted molar refractivity (Wildman–Crippen MR) is 77.5 cm³/mol. The van der Waals surface area contributed by atoms with E-state index in [0.29, 0.717) is 24.7 Å². The number of carbonyl (C=O) groups excluding carboxylic acids is 2. The van der Waals surface area contributed by atoms with Crippen molar-refractivity contribution in [1.82, 2.24) is 4.90 Å². The Labute approximate surface area is 129 Å². The maximum absolute atomic E-state index is 12.8. The molecule has 2 amide bonds. The van der Waals surface area contributed by atoms with Crippen molar-refractivity contribution in [3.63, 3.8) is 0 Å². The second kappa shape index (κ2) is 4.67. The molecule has 5 heteroatoms. The number of hydrogen-bond donors (Lipinski definition) is 1. The van der Waals surface area contributed by atoms with Crippen LogP contribution in [0, 0.1) is 35.5 Å². The van der Waals surface area contributed by atoms with Gasteiger partial charge in [-0.3, -0.25) is 14.5 Å². The molecule has 22 heavy (non-hydrogen) atoms. The van der Waals surface area contributed by atoms with Crippen molar-refractivity contribution in [3.8, 4) is 0 Å². The van der Waals surface area contributed by atoms with Gasteiger partial charge in [0, 0.05) is 0 Å². The highest BCUT2D eigenvalue weighted by Gasteiger charge is 2.67. The fourth-order valence-electron chi connectivity index (χ4n) is 5.05. The first-order valence-electron chi connectivity index (χ1n) is 8.34. The molecule has 1 saturated heterocycles. The summed E-state index contributed by atoms with van der Waals surface area (Å²) in [5.74, 6) is -0.710. The zero-order valence-electron chi connectivity index (χ0n) is 12.6. The summed E-state index contributed by atoms with van der Waals surface area (Å²) >= 11 is 0. The molecule has 2 bridgehead atoms. The fraction of sp³-hybridized carbons (Fsp3) is 0.706. The summed E-state index contributed by atoms with van der Waals surface area (Å²) < 4.78 is 0. The third-order valence-electron chi connectivity index (χ3n) is 6.12. The van der Waals surface area contributed by atoms with Crippen LogP contribution in [0.15, 0.2) is 12.2 Å². The zero-order valence-corrected chi connectivity index (χ0v) is 12.6. The molecule has 7 atom stereocenters. The van der Waals surface area contributed by atoms with Gasteiger partial charge in [0.05, 0.1) is 11.8 Å². The lowest BCUT2D eigenvalue weighted by molar-refractivity contribution is -0.155. The van der Waals surface area contributed by atoms with Crippen LogP contribution in [0.3, 0.4) is 0 Å². The van der Waals surface area contributed by atoms with E-state index in [9.17, 15) is 19.5 Å². The lowest BCUT2D eigenvalue weighted by Crippen LogP contribution is -2.45. The van der Waals surface area contributed by atoms with Gasteiger partial charge in [0.2, 0.25) is 11.8 Å². The van der Waals surface area contributed by atoms with Gasteiger partial charge < -0.3 is 5.11 Å². The first-order chi connectivity index (χ1) is 10.6. The summed E-state index contributed by atoms with van der Waals surface area (Å²) in [7, 11) is 0. The Morgan fingerprint density at radius 1 is 1.23 bits per heavy atom. The number of rotatable bonds is 5. The van der Waals surface area contributed by atoms with E-state index in [-0.39, 0.29) is 35.5 Å². The molecule has 1 heterocycles. The summed E-state index contributed by atoms with van der Waals surface area (Å²) in [5.41, 5.74) is 0. The number of carboxylic acids is 1. The Hall–Kier alpha value is -1.65. The molecule has 1 N–H and O–H groups in total. The standard InChI is InChI=1S/C17H21NO4/c1-2-3-4-12(17(21)22)18-15(19)13-8-5-6-9(11-7-10(8)11)14(13)16(18)20/h5-6,8-14H,2-4,7H2,1H3,(H,21,22). The van der Waals surface area contributed by atoms with Gasteiger partial charge in [0.1, 0.15) is 6.04 Å². The Bertz CT molecular complexity index is 547. The highest BCUT2D eigenvalue weighted by Crippen LogP contribution is 2.65. The number of carboxylic acid groups (broad SMARTS) is 1. The van der Waals surface area contributed by atoms with Gasteiger partial charge in [-0.15, -0.1) is 0 Å². The highest BCUT2D eigenvalue weighted by molar-refractivity contribution is 6.08. The summed E-state index contributed by atoms with van der Waals surface area (Å²) in [4.78, 5) is 38.3. The molecule has 5 aliphatic rings. The number of imide groups is 1. The van der Waals surface area contributed by atoms with Crippen LogP contribution in [0.5, 0.6) is 0 Å². The van der Waals surface area contributed by atoms with Gasteiger partial charge in [-0.25, -0.2) is 4.79 Å². The summed E-state index contributed by atoms with van der Waals surface area (Å²) in [6.45, 7) is 1.98. The molecule has 0 spiro atoms. The van der Waals surface area contributed by atoms with Gasteiger partial charge in [-0.05, 0) is 36.5 Å². The van der Waals surface area contributed by atoms with Crippen LogP contribution in [0.1, 0.15) is 32.6 Å². The van der Waals surface area contributed by atoms with Crippen LogP contribution in [0.25, 0.3) is 0 Å². The van der Waals surface area contributed by atoms with Crippen LogP contribution in [0.4, 0.5) is 0 Å². The number of aliphatic carboxylic acids is 1. The fourth-order valence-corrected chi connectivity index (χ4v) is 5.05. The summed E-state index contributed by atoms with van der Waals surface area (Å²) in [5, 5.41) is 9.48. The SMILES string of the molecule is CCCCC(C(=O)O)N1C(=O)C2C3C=CC(C4CC34)C2C1=O. The van der Waals surface area contributed by atoms with Gasteiger partial charge in [0.25, 0.3) is 0 Å². The lowest BCUT2D eigenvalue weighted by Gasteiger charge is -2.37. The normalized spacial score (nSPS) is 42.3. The van der Waals surface area contributed by atoms with Gasteiger partial charge in [-0.2, -0.15) is 0 Å². The number of unbranched alkanes of at least 4 members (excludes halogenated alkanes) is 1. The first kappa shape index (κ1) is 14.0. The third kappa shape index (κ3) is 1.68. The number of amides is 2. The number of hydrogen-bond acceptors (Lipinski definition) is 3. The van der Waals surface area contributed by atoms with Crippen molar-refractivity contribution in [2.24, 2.45) is 35.5 Å². The maximum atomic E-state index is 12.8. The summed E-state index contributed by atoms with van der Waals surface area (Å²) in [6, 6.07) is -0.985. The highest BCUT2D eigenvalue weighted by atomic mass is 16.4. The molecule has 4 aliphatic carbocycles. The van der Waals surface area contributed by atoms with Crippen LogP contribution in [0.2, 0.25) is 0 Å². The Balaban J connectivity index is 1.65. The number of carbonyl (C=O) groups is 3. The topological polar surface area (TPSA) is 74.7 Å². The van der Waals surface area contributed by atoms with Crippen LogP contribution >= 0.6 is 0 Å². The molecule has 5 rings (SSSR count). The minimum atomic E-state index is -1.06. The molecule has 118 valence electrons. The quantitative estimate of drug-likeness (QED) is 0.619. The smallest absolute Gasteiger partial charge is 0.326 e. The van der Waals surface area contributed by atoms with E-state index >= 15 is 0 Å². The van der Waals surface area contributed by atoms with E-state index in [1.54, 1.807) is 0 Å². The zero-order chi connectivity index (χ0) is 15.6. The molecule has 1 aliphatic heterocycles. The number of nitrogens with zero attached hydrogens (tertiary/aromatic N) is 1. The van der Waals surface area contributed by atoms with Crippen molar-refractivity contribution in [1.29, 1.82) is 0 Å². The van der Waals surface area contributed by atoms with Gasteiger partial charge >= 0.3 is 5.97 Å². The van der Waals surface area contributed by atoms with Gasteiger partial charge in [0.15, 0.2) is 0 Å². The maximum Gasteiger partial charge on any atom is 0.326 e. The monoisotopic (exact) mass is 303 g/mol. The number of allylic oxidation sites excluding steroid dienone is 2. The van der Waals surface area contributed by atoms with E-state index in [0.717, 1.165) is 17.7 Å². The minimum Gasteiger partial charge on any atom is -0.480 e. The van der Waals surface area contributed by atoms with Crippen molar-refractivity contribution in [2.75, 3.05) is 0 Å². The number of likely N-dealkylation sites (tertiary alicyclic amines) is 1. The van der Waals surface area contributed by atoms with E-state index in [2.05, 4.69) is 12.2 Å². The van der Waals surface area contributed by atoms with E-state index in [4.69, 9.17) is 0 Å². The van der Waals surface area contributed by atoms with Crippen molar-refractivity contribution in [3.05, 3.63) is 12.2 Å². The molecule has 0 aromatic rings. The summed E-state index contributed by atoms with van der Waals surface area (Å²) in [6.07, 6.45) is 7.25. The van der Waals surface area contributed by atoms with Crippen molar-refractivity contribution >= 4 is 17.8 Å². The second-order valence-corrected chi connectivity index (χ2v) is 7.20. The molecular formula is C17H21NO4. The van der Waals surface area contributed by atoms with Crippen LogP contribution in [-0.2, 0) is 14.4 Å².